The van der Waals surface area contributed by atoms with Gasteiger partial charge in [0.25, 0.3) is 0 Å². The van der Waals surface area contributed by atoms with Crippen LogP contribution in [0.2, 0.25) is 0 Å². The summed E-state index contributed by atoms with van der Waals surface area (Å²) in [4.78, 5) is 19.0. The van der Waals surface area contributed by atoms with E-state index in [4.69, 9.17) is 4.74 Å². The summed E-state index contributed by atoms with van der Waals surface area (Å²) < 4.78 is 46.7. The van der Waals surface area contributed by atoms with Crippen LogP contribution in [0.25, 0.3) is 21.3 Å². The number of hydrogen-bond acceptors (Lipinski definition) is 7. The number of hydrogen-bond donors (Lipinski definition) is 1. The van der Waals surface area contributed by atoms with Crippen molar-refractivity contribution in [3.8, 4) is 5.75 Å². The van der Waals surface area contributed by atoms with Gasteiger partial charge in [0.15, 0.2) is 5.13 Å². The number of methoxy groups -OCH3 is 1. The van der Waals surface area contributed by atoms with Gasteiger partial charge in [-0.15, -0.1) is 5.10 Å². The molecule has 2 aromatic carbocycles. The maximum Gasteiger partial charge on any atom is 0.416 e. The van der Waals surface area contributed by atoms with E-state index in [0.29, 0.717) is 36.6 Å². The van der Waals surface area contributed by atoms with E-state index in [2.05, 4.69) is 20.6 Å². The Balaban J connectivity index is 1.18. The number of alkyl halides is 3. The first-order valence-electron chi connectivity index (χ1n) is 10.7. The number of ether oxygens (including phenoxy) is 1. The van der Waals surface area contributed by atoms with E-state index in [1.807, 2.05) is 23.1 Å². The zero-order valence-electron chi connectivity index (χ0n) is 18.2. The van der Waals surface area contributed by atoms with E-state index in [1.54, 1.807) is 11.8 Å². The molecule has 1 amide bonds. The normalized spacial score (nSPS) is 15.8. The number of carbonyl (C=O) groups is 1. The van der Waals surface area contributed by atoms with Crippen LogP contribution in [0, 0.1) is 0 Å². The topological polar surface area (TPSA) is 85.2 Å². The van der Waals surface area contributed by atoms with Crippen LogP contribution in [0.5, 0.6) is 5.75 Å². The fourth-order valence-electron chi connectivity index (χ4n) is 4.16. The lowest BCUT2D eigenvalue weighted by molar-refractivity contribution is -0.137. The van der Waals surface area contributed by atoms with E-state index in [-0.39, 0.29) is 24.0 Å². The molecule has 1 aliphatic rings. The van der Waals surface area contributed by atoms with Crippen LogP contribution in [-0.2, 0) is 11.0 Å². The molecular formula is C22H21F3N6O2S. The van der Waals surface area contributed by atoms with Crippen LogP contribution < -0.4 is 10.1 Å². The molecule has 0 spiro atoms. The average Bonchev–Trinajstić information content (AvgIpc) is 3.41. The van der Waals surface area contributed by atoms with Crippen LogP contribution >= 0.6 is 11.3 Å². The van der Waals surface area contributed by atoms with Crippen molar-refractivity contribution >= 4 is 43.6 Å². The monoisotopic (exact) mass is 490 g/mol. The van der Waals surface area contributed by atoms with Gasteiger partial charge in [0.1, 0.15) is 11.3 Å². The van der Waals surface area contributed by atoms with Crippen molar-refractivity contribution in [3.63, 3.8) is 0 Å². The molecule has 8 nitrogen and oxygen atoms in total. The van der Waals surface area contributed by atoms with Gasteiger partial charge in [-0.25, -0.2) is 9.67 Å². The van der Waals surface area contributed by atoms with Gasteiger partial charge in [-0.1, -0.05) is 16.6 Å². The number of amides is 1. The molecule has 0 radical (unpaired) electrons. The lowest BCUT2D eigenvalue weighted by Crippen LogP contribution is -2.39. The highest BCUT2D eigenvalue weighted by Gasteiger charge is 2.31. The van der Waals surface area contributed by atoms with Crippen molar-refractivity contribution in [2.75, 3.05) is 32.1 Å². The molecule has 4 aromatic rings. The molecule has 0 bridgehead atoms. The molecule has 0 aliphatic carbocycles. The molecule has 2 aromatic heterocycles. The summed E-state index contributed by atoms with van der Waals surface area (Å²) in [5.41, 5.74) is 0.867. The lowest BCUT2D eigenvalue weighted by atomic mass is 10.0. The Hall–Kier alpha value is -3.25. The number of likely N-dealkylation sites (tertiary alicyclic amines) is 1. The van der Waals surface area contributed by atoms with Gasteiger partial charge in [-0.2, -0.15) is 13.2 Å². The van der Waals surface area contributed by atoms with Crippen LogP contribution in [0.1, 0.15) is 24.4 Å². The molecule has 5 rings (SSSR count). The molecule has 178 valence electrons. The standard InChI is InChI=1S/C22H21F3N6O2S/c1-33-15-3-4-16-19(11-15)34-21(26-16)27-20(32)12-30-8-6-14(7-9-30)31-18-5-2-13(22(23,24)25)10-17(18)28-29-31/h2-5,10-11,14H,6-9,12H2,1H3,(H,26,27,32). The molecule has 0 atom stereocenters. The largest absolute Gasteiger partial charge is 0.497 e. The number of benzene rings is 2. The van der Waals surface area contributed by atoms with Gasteiger partial charge in [-0.3, -0.25) is 9.69 Å². The number of thiazole rings is 1. The van der Waals surface area contributed by atoms with Crippen LogP contribution in [0.3, 0.4) is 0 Å². The SMILES string of the molecule is COc1ccc2nc(NC(=O)CN3CCC(n4nnc5cc(C(F)(F)F)ccc54)CC3)sc2c1. The summed E-state index contributed by atoms with van der Waals surface area (Å²) in [6.07, 6.45) is -2.98. The maximum atomic E-state index is 12.9. The molecule has 12 heteroatoms. The lowest BCUT2D eigenvalue weighted by Gasteiger charge is -2.31. The summed E-state index contributed by atoms with van der Waals surface area (Å²) in [6, 6.07) is 9.07. The first-order chi connectivity index (χ1) is 16.3. The Kier molecular flexibility index (Phi) is 5.86. The maximum absolute atomic E-state index is 12.9. The molecule has 1 fully saturated rings. The first kappa shape index (κ1) is 22.5. The summed E-state index contributed by atoms with van der Waals surface area (Å²) in [6.45, 7) is 1.56. The number of anilines is 1. The number of carbonyl (C=O) groups excluding carboxylic acids is 1. The van der Waals surface area contributed by atoms with Crippen molar-refractivity contribution in [1.29, 1.82) is 0 Å². The number of piperidine rings is 1. The number of fused-ring (bicyclic) bond motifs is 2. The van der Waals surface area contributed by atoms with Gasteiger partial charge in [-0.05, 0) is 49.2 Å². The van der Waals surface area contributed by atoms with Gasteiger partial charge in [0.2, 0.25) is 5.91 Å². The minimum atomic E-state index is -4.41. The molecule has 0 unspecified atom stereocenters. The summed E-state index contributed by atoms with van der Waals surface area (Å²) >= 11 is 1.39. The average molecular weight is 491 g/mol. The number of nitrogens with one attached hydrogen (secondary N) is 1. The van der Waals surface area contributed by atoms with Gasteiger partial charge in [0, 0.05) is 13.1 Å². The molecular weight excluding hydrogens is 469 g/mol. The Labute approximate surface area is 196 Å². The highest BCUT2D eigenvalue weighted by atomic mass is 32.1. The second-order valence-electron chi connectivity index (χ2n) is 8.14. The molecule has 3 heterocycles. The van der Waals surface area contributed by atoms with Gasteiger partial charge in [0.05, 0.1) is 41.0 Å². The van der Waals surface area contributed by atoms with E-state index in [1.165, 1.54) is 17.4 Å². The van der Waals surface area contributed by atoms with Gasteiger partial charge >= 0.3 is 6.18 Å². The Morgan fingerprint density at radius 1 is 1.18 bits per heavy atom. The van der Waals surface area contributed by atoms with E-state index >= 15 is 0 Å². The molecule has 1 aliphatic heterocycles. The van der Waals surface area contributed by atoms with Gasteiger partial charge < -0.3 is 10.1 Å². The van der Waals surface area contributed by atoms with Crippen LogP contribution in [0.15, 0.2) is 36.4 Å². The first-order valence-corrected chi connectivity index (χ1v) is 11.5. The van der Waals surface area contributed by atoms with Crippen molar-refractivity contribution < 1.29 is 22.7 Å². The summed E-state index contributed by atoms with van der Waals surface area (Å²) in [5, 5.41) is 11.4. The summed E-state index contributed by atoms with van der Waals surface area (Å²) in [5.74, 6) is 0.591. The van der Waals surface area contributed by atoms with Crippen molar-refractivity contribution in [3.05, 3.63) is 42.0 Å². The quantitative estimate of drug-likeness (QED) is 0.448. The third kappa shape index (κ3) is 4.55. The Morgan fingerprint density at radius 2 is 1.97 bits per heavy atom. The third-order valence-corrected chi connectivity index (χ3v) is 6.84. The predicted molar refractivity (Wildman–Crippen MR) is 122 cm³/mol. The predicted octanol–water partition coefficient (Wildman–Crippen LogP) is 4.34. The van der Waals surface area contributed by atoms with Crippen molar-refractivity contribution in [2.24, 2.45) is 0 Å². The van der Waals surface area contributed by atoms with E-state index in [0.717, 1.165) is 28.1 Å². The number of rotatable bonds is 5. The minimum Gasteiger partial charge on any atom is -0.497 e. The summed E-state index contributed by atoms with van der Waals surface area (Å²) in [7, 11) is 1.60. The third-order valence-electron chi connectivity index (χ3n) is 5.91. The van der Waals surface area contributed by atoms with Crippen LogP contribution in [0.4, 0.5) is 18.3 Å². The van der Waals surface area contributed by atoms with E-state index < -0.39 is 11.7 Å². The highest BCUT2D eigenvalue weighted by molar-refractivity contribution is 7.22. The highest BCUT2D eigenvalue weighted by Crippen LogP contribution is 2.33. The second-order valence-corrected chi connectivity index (χ2v) is 9.17. The number of halogens is 3. The van der Waals surface area contributed by atoms with E-state index in [9.17, 15) is 18.0 Å². The van der Waals surface area contributed by atoms with Crippen molar-refractivity contribution in [1.82, 2.24) is 24.9 Å². The molecule has 0 saturated carbocycles. The molecule has 1 N–H and O–H groups in total. The zero-order chi connectivity index (χ0) is 23.9. The van der Waals surface area contributed by atoms with Crippen molar-refractivity contribution in [2.45, 2.75) is 25.1 Å². The molecule has 34 heavy (non-hydrogen) atoms. The Morgan fingerprint density at radius 3 is 2.71 bits per heavy atom. The molecule has 1 saturated heterocycles. The smallest absolute Gasteiger partial charge is 0.416 e. The number of aromatic nitrogens is 4. The fraction of sp³-hybridized carbons (Fsp3) is 0.364. The minimum absolute atomic E-state index is 0.0142. The second kappa shape index (κ2) is 8.84. The zero-order valence-corrected chi connectivity index (χ0v) is 19.0. The Bertz CT molecular complexity index is 1340. The number of nitrogens with zero attached hydrogens (tertiary/aromatic N) is 5. The van der Waals surface area contributed by atoms with Crippen LogP contribution in [-0.4, -0.2) is 57.5 Å². The fourth-order valence-corrected chi connectivity index (χ4v) is 5.07.